The molecule has 2 aromatic carbocycles. The van der Waals surface area contributed by atoms with Gasteiger partial charge >= 0.3 is 16.3 Å². The number of Topliss-reactive ketones (excluding diaryl/α,β-unsaturated/α-hetero) is 1. The molecule has 0 bridgehead atoms. The van der Waals surface area contributed by atoms with E-state index in [1.807, 2.05) is 18.2 Å². The van der Waals surface area contributed by atoms with E-state index in [9.17, 15) is 31.5 Å². The van der Waals surface area contributed by atoms with E-state index in [2.05, 4.69) is 0 Å². The van der Waals surface area contributed by atoms with Gasteiger partial charge in [-0.15, -0.1) is 0 Å². The molecule has 3 rings (SSSR count). The van der Waals surface area contributed by atoms with E-state index in [0.29, 0.717) is 6.42 Å². The van der Waals surface area contributed by atoms with E-state index in [1.54, 1.807) is 6.07 Å². The van der Waals surface area contributed by atoms with Crippen LogP contribution < -0.4 is 14.7 Å². The summed E-state index contributed by atoms with van der Waals surface area (Å²) >= 11 is 0. The summed E-state index contributed by atoms with van der Waals surface area (Å²) in [5, 5.41) is 10.5. The number of fused-ring (bicyclic) bond motifs is 1. The molecule has 1 aliphatic rings. The highest BCUT2D eigenvalue weighted by Gasteiger charge is 2.41. The van der Waals surface area contributed by atoms with E-state index >= 15 is 0 Å². The lowest BCUT2D eigenvalue weighted by atomic mass is 9.93. The Kier molecular flexibility index (Phi) is 7.65. The summed E-state index contributed by atoms with van der Waals surface area (Å²) in [6, 6.07) is 12.9. The molecule has 3 N–H and O–H groups in total. The minimum atomic E-state index is -4.45. The summed E-state index contributed by atoms with van der Waals surface area (Å²) in [5.74, 6) is -1.83. The summed E-state index contributed by atoms with van der Waals surface area (Å²) < 4.78 is 71.9. The molecule has 0 heterocycles. The number of hydrogen-bond donors (Lipinski definition) is 2. The Morgan fingerprint density at radius 1 is 1.15 bits per heavy atom. The SMILES string of the molecule is NCC(=O)C(O)C1Cc2ccccc2C1Oc1cccc(OS(=O)(=O)CCCC(F)(F)F)c1. The van der Waals surface area contributed by atoms with E-state index in [1.165, 1.54) is 24.3 Å². The Morgan fingerprint density at radius 2 is 1.85 bits per heavy atom. The van der Waals surface area contributed by atoms with Crippen molar-refractivity contribution in [2.24, 2.45) is 11.7 Å². The van der Waals surface area contributed by atoms with Crippen molar-refractivity contribution in [1.29, 1.82) is 0 Å². The first-order valence-corrected chi connectivity index (χ1v) is 11.8. The van der Waals surface area contributed by atoms with Crippen LogP contribution in [0.4, 0.5) is 13.2 Å². The van der Waals surface area contributed by atoms with Crippen LogP contribution >= 0.6 is 0 Å². The first-order valence-electron chi connectivity index (χ1n) is 10.2. The number of benzene rings is 2. The second-order valence-electron chi connectivity index (χ2n) is 7.76. The van der Waals surface area contributed by atoms with Crippen molar-refractivity contribution < 1.29 is 40.4 Å². The third kappa shape index (κ3) is 6.68. The molecule has 1 aliphatic carbocycles. The zero-order valence-corrected chi connectivity index (χ0v) is 18.3. The van der Waals surface area contributed by atoms with Crippen molar-refractivity contribution in [3.63, 3.8) is 0 Å². The zero-order valence-electron chi connectivity index (χ0n) is 17.5. The predicted molar refractivity (Wildman–Crippen MR) is 113 cm³/mol. The Morgan fingerprint density at radius 3 is 2.55 bits per heavy atom. The molecule has 7 nitrogen and oxygen atoms in total. The standard InChI is InChI=1S/C22H24F3NO6S/c23-22(24,25)9-4-10-33(29,30)32-16-7-3-6-15(12-16)31-21-17-8-2-1-5-14(17)11-18(21)20(28)19(27)13-26/h1-3,5-8,12,18,20-21,28H,4,9-11,13,26H2. The van der Waals surface area contributed by atoms with Gasteiger partial charge in [0.25, 0.3) is 0 Å². The van der Waals surface area contributed by atoms with E-state index < -0.39 is 58.8 Å². The number of ketones is 1. The number of aliphatic hydroxyl groups excluding tert-OH is 1. The van der Waals surface area contributed by atoms with Gasteiger partial charge in [0.15, 0.2) is 5.78 Å². The fraction of sp³-hybridized carbons (Fsp3) is 0.409. The summed E-state index contributed by atoms with van der Waals surface area (Å²) in [7, 11) is -4.24. The van der Waals surface area contributed by atoms with Gasteiger partial charge in [-0.2, -0.15) is 21.6 Å². The molecule has 0 saturated heterocycles. The fourth-order valence-corrected chi connectivity index (χ4v) is 4.74. The Hall–Kier alpha value is -2.63. The van der Waals surface area contributed by atoms with Crippen molar-refractivity contribution in [2.45, 2.75) is 37.6 Å². The number of carbonyl (C=O) groups excluding carboxylic acids is 1. The van der Waals surface area contributed by atoms with Crippen LogP contribution in [0.25, 0.3) is 0 Å². The molecule has 0 aromatic heterocycles. The summed E-state index contributed by atoms with van der Waals surface area (Å²) in [4.78, 5) is 12.0. The number of nitrogens with two attached hydrogens (primary N) is 1. The summed E-state index contributed by atoms with van der Waals surface area (Å²) in [6.07, 6.45) is -7.96. The number of halogens is 3. The molecule has 0 saturated carbocycles. The second kappa shape index (κ2) is 10.1. The molecule has 2 aromatic rings. The first-order chi connectivity index (χ1) is 15.5. The van der Waals surface area contributed by atoms with Crippen LogP contribution in [-0.4, -0.2) is 43.9 Å². The van der Waals surface area contributed by atoms with Crippen molar-refractivity contribution >= 4 is 15.9 Å². The van der Waals surface area contributed by atoms with E-state index in [0.717, 1.165) is 11.1 Å². The number of hydrogen-bond acceptors (Lipinski definition) is 7. The van der Waals surface area contributed by atoms with Crippen LogP contribution in [0.15, 0.2) is 48.5 Å². The highest BCUT2D eigenvalue weighted by atomic mass is 32.2. The van der Waals surface area contributed by atoms with Crippen LogP contribution in [0, 0.1) is 5.92 Å². The smallest absolute Gasteiger partial charge is 0.389 e. The maximum atomic E-state index is 12.3. The van der Waals surface area contributed by atoms with Gasteiger partial charge in [-0.1, -0.05) is 30.3 Å². The zero-order chi connectivity index (χ0) is 24.2. The van der Waals surface area contributed by atoms with Gasteiger partial charge in [-0.3, -0.25) is 4.79 Å². The number of carbonyl (C=O) groups is 1. The Labute approximate surface area is 189 Å². The summed E-state index contributed by atoms with van der Waals surface area (Å²) in [5.41, 5.74) is 7.07. The number of alkyl halides is 3. The van der Waals surface area contributed by atoms with E-state index in [4.69, 9.17) is 14.7 Å². The molecule has 11 heteroatoms. The van der Waals surface area contributed by atoms with Gasteiger partial charge in [0.05, 0.1) is 12.3 Å². The van der Waals surface area contributed by atoms with Gasteiger partial charge in [-0.25, -0.2) is 0 Å². The molecule has 33 heavy (non-hydrogen) atoms. The topological polar surface area (TPSA) is 116 Å². The molecule has 3 atom stereocenters. The molecular weight excluding hydrogens is 463 g/mol. The third-order valence-electron chi connectivity index (χ3n) is 5.29. The van der Waals surface area contributed by atoms with Crippen molar-refractivity contribution in [1.82, 2.24) is 0 Å². The van der Waals surface area contributed by atoms with Gasteiger partial charge in [0, 0.05) is 18.4 Å². The lowest BCUT2D eigenvalue weighted by molar-refractivity contribution is -0.134. The van der Waals surface area contributed by atoms with Gasteiger partial charge < -0.3 is 19.8 Å². The largest absolute Gasteiger partial charge is 0.485 e. The average Bonchev–Trinajstić information content (AvgIpc) is 3.09. The molecule has 0 fully saturated rings. The lowest BCUT2D eigenvalue weighted by Crippen LogP contribution is -2.37. The highest BCUT2D eigenvalue weighted by Crippen LogP contribution is 2.41. The van der Waals surface area contributed by atoms with Gasteiger partial charge in [-0.05, 0) is 36.1 Å². The van der Waals surface area contributed by atoms with Crippen LogP contribution in [0.1, 0.15) is 30.1 Å². The second-order valence-corrected chi connectivity index (χ2v) is 9.45. The molecular formula is C22H24F3NO6S. The number of aliphatic hydroxyl groups is 1. The predicted octanol–water partition coefficient (Wildman–Crippen LogP) is 2.92. The maximum Gasteiger partial charge on any atom is 0.389 e. The molecule has 180 valence electrons. The van der Waals surface area contributed by atoms with Crippen LogP contribution in [0.5, 0.6) is 11.5 Å². The van der Waals surface area contributed by atoms with Crippen LogP contribution in [-0.2, 0) is 21.3 Å². The number of ether oxygens (including phenoxy) is 1. The molecule has 0 amide bonds. The van der Waals surface area contributed by atoms with Gasteiger partial charge in [0.2, 0.25) is 0 Å². The quantitative estimate of drug-likeness (QED) is 0.495. The van der Waals surface area contributed by atoms with Crippen molar-refractivity contribution in [3.05, 3.63) is 59.7 Å². The number of rotatable bonds is 10. The monoisotopic (exact) mass is 487 g/mol. The lowest BCUT2D eigenvalue weighted by Gasteiger charge is -2.25. The van der Waals surface area contributed by atoms with Crippen molar-refractivity contribution in [2.75, 3.05) is 12.3 Å². The average molecular weight is 487 g/mol. The molecule has 0 aliphatic heterocycles. The Balaban J connectivity index is 1.76. The van der Waals surface area contributed by atoms with Crippen molar-refractivity contribution in [3.8, 4) is 11.5 Å². The first kappa shape index (κ1) is 25.0. The third-order valence-corrected chi connectivity index (χ3v) is 6.52. The fourth-order valence-electron chi connectivity index (χ4n) is 3.76. The molecule has 0 radical (unpaired) electrons. The molecule has 0 spiro atoms. The maximum absolute atomic E-state index is 12.3. The minimum absolute atomic E-state index is 0.124. The summed E-state index contributed by atoms with van der Waals surface area (Å²) in [6.45, 7) is -0.323. The van der Waals surface area contributed by atoms with Crippen LogP contribution in [0.2, 0.25) is 0 Å². The van der Waals surface area contributed by atoms with Gasteiger partial charge in [0.1, 0.15) is 23.7 Å². The molecule has 3 unspecified atom stereocenters. The van der Waals surface area contributed by atoms with E-state index in [-0.39, 0.29) is 18.0 Å². The Bertz CT molecular complexity index is 1090. The van der Waals surface area contributed by atoms with Crippen LogP contribution in [0.3, 0.4) is 0 Å². The minimum Gasteiger partial charge on any atom is -0.485 e. The highest BCUT2D eigenvalue weighted by molar-refractivity contribution is 7.87. The normalized spacial score (nSPS) is 19.1.